The molecule has 5 nitrogen and oxygen atoms in total. The number of ether oxygens (including phenoxy) is 1. The minimum absolute atomic E-state index is 0. The molecule has 0 saturated heterocycles. The average molecular weight is 418 g/mol. The summed E-state index contributed by atoms with van der Waals surface area (Å²) in [6, 6.07) is 7.53. The molecule has 0 amide bonds. The molecule has 0 aliphatic carbocycles. The second-order valence-corrected chi connectivity index (χ2v) is 5.60. The molecule has 0 aliphatic heterocycles. The number of hydrogen-bond acceptors (Lipinski definition) is 4. The van der Waals surface area contributed by atoms with Crippen molar-refractivity contribution in [3.05, 3.63) is 39.8 Å². The molecule has 1 aromatic carbocycles. The quantitative estimate of drug-likeness (QED) is 0.454. The predicted octanol–water partition coefficient (Wildman–Crippen LogP) is 3.31. The van der Waals surface area contributed by atoms with Crippen LogP contribution >= 0.6 is 35.3 Å². The first-order valence-corrected chi connectivity index (χ1v) is 7.04. The van der Waals surface area contributed by atoms with Crippen LogP contribution in [-0.4, -0.2) is 18.1 Å². The maximum absolute atomic E-state index is 5.86. The molecule has 2 aromatic rings. The fraction of sp³-hybridized carbons (Fsp3) is 0.286. The van der Waals surface area contributed by atoms with Crippen LogP contribution in [0.1, 0.15) is 15.6 Å². The largest absolute Gasteiger partial charge is 0.497 e. The van der Waals surface area contributed by atoms with Gasteiger partial charge in [0.05, 0.1) is 19.3 Å². The zero-order chi connectivity index (χ0) is 14.5. The molecule has 0 atom stereocenters. The van der Waals surface area contributed by atoms with Crippen LogP contribution in [-0.2, 0) is 6.54 Å². The van der Waals surface area contributed by atoms with Gasteiger partial charge in [0.25, 0.3) is 0 Å². The second kappa shape index (κ2) is 8.18. The van der Waals surface area contributed by atoms with Crippen molar-refractivity contribution in [1.82, 2.24) is 4.98 Å². The van der Waals surface area contributed by atoms with Gasteiger partial charge >= 0.3 is 0 Å². The van der Waals surface area contributed by atoms with Crippen molar-refractivity contribution < 1.29 is 4.74 Å². The van der Waals surface area contributed by atoms with Crippen LogP contribution in [0.5, 0.6) is 5.75 Å². The highest BCUT2D eigenvalue weighted by Gasteiger charge is 2.03. The summed E-state index contributed by atoms with van der Waals surface area (Å²) in [4.78, 5) is 9.93. The number of nitrogens with two attached hydrogens (primary N) is 1. The number of anilines is 1. The first-order valence-electron chi connectivity index (χ1n) is 6.22. The number of rotatable bonds is 4. The van der Waals surface area contributed by atoms with Crippen molar-refractivity contribution in [3.63, 3.8) is 0 Å². The van der Waals surface area contributed by atoms with E-state index in [9.17, 15) is 0 Å². The third-order valence-corrected chi connectivity index (χ3v) is 3.86. The van der Waals surface area contributed by atoms with Gasteiger partial charge in [-0.3, -0.25) is 0 Å². The molecule has 114 valence electrons. The average Bonchev–Trinajstić information content (AvgIpc) is 2.76. The molecule has 1 heterocycles. The Labute approximate surface area is 145 Å². The summed E-state index contributed by atoms with van der Waals surface area (Å²) in [5, 5.41) is 4.00. The maximum atomic E-state index is 5.86. The number of methoxy groups -OCH3 is 1. The third kappa shape index (κ3) is 5.16. The lowest BCUT2D eigenvalue weighted by molar-refractivity contribution is 0.415. The van der Waals surface area contributed by atoms with Gasteiger partial charge in [-0.15, -0.1) is 35.3 Å². The van der Waals surface area contributed by atoms with Gasteiger partial charge in [0, 0.05) is 16.6 Å². The number of aliphatic imine (C=N–C) groups is 1. The van der Waals surface area contributed by atoms with Gasteiger partial charge in [-0.1, -0.05) is 6.07 Å². The summed E-state index contributed by atoms with van der Waals surface area (Å²) < 4.78 is 5.15. The van der Waals surface area contributed by atoms with Crippen LogP contribution in [0.3, 0.4) is 0 Å². The molecule has 0 spiro atoms. The lowest BCUT2D eigenvalue weighted by Crippen LogP contribution is -2.22. The molecule has 0 fully saturated rings. The molecule has 0 unspecified atom stereocenters. The highest BCUT2D eigenvalue weighted by atomic mass is 127. The Balaban J connectivity index is 0.00000220. The molecule has 1 aromatic heterocycles. The smallest absolute Gasteiger partial charge is 0.193 e. The fourth-order valence-electron chi connectivity index (χ4n) is 1.65. The number of hydrogen-bond donors (Lipinski definition) is 2. The number of nitrogens with zero attached hydrogens (tertiary/aromatic N) is 2. The lowest BCUT2D eigenvalue weighted by Gasteiger charge is -2.06. The van der Waals surface area contributed by atoms with Crippen LogP contribution in [0.25, 0.3) is 0 Å². The molecule has 2 rings (SSSR count). The first-order chi connectivity index (χ1) is 9.58. The van der Waals surface area contributed by atoms with Crippen LogP contribution < -0.4 is 15.8 Å². The van der Waals surface area contributed by atoms with E-state index < -0.39 is 0 Å². The Hall–Kier alpha value is -1.35. The van der Waals surface area contributed by atoms with Crippen molar-refractivity contribution in [3.8, 4) is 5.75 Å². The summed E-state index contributed by atoms with van der Waals surface area (Å²) >= 11 is 1.65. The zero-order valence-corrected chi connectivity index (χ0v) is 15.4. The number of aryl methyl sites for hydroxylation is 2. The van der Waals surface area contributed by atoms with Crippen molar-refractivity contribution >= 4 is 47.0 Å². The van der Waals surface area contributed by atoms with Crippen molar-refractivity contribution in [2.24, 2.45) is 10.7 Å². The van der Waals surface area contributed by atoms with E-state index in [0.29, 0.717) is 12.5 Å². The van der Waals surface area contributed by atoms with E-state index in [4.69, 9.17) is 10.5 Å². The highest BCUT2D eigenvalue weighted by Crippen LogP contribution is 2.18. The fourth-order valence-corrected chi connectivity index (χ4v) is 2.51. The molecule has 0 saturated carbocycles. The molecule has 21 heavy (non-hydrogen) atoms. The van der Waals surface area contributed by atoms with E-state index in [1.807, 2.05) is 31.2 Å². The predicted molar refractivity (Wildman–Crippen MR) is 98.9 cm³/mol. The second-order valence-electron chi connectivity index (χ2n) is 4.31. The Bertz CT molecular complexity index is 608. The number of aromatic nitrogens is 1. The molecular weight excluding hydrogens is 399 g/mol. The van der Waals surface area contributed by atoms with E-state index in [1.165, 1.54) is 4.88 Å². The molecule has 7 heteroatoms. The Morgan fingerprint density at radius 1 is 1.43 bits per heavy atom. The molecule has 0 radical (unpaired) electrons. The Kier molecular flexibility index (Phi) is 6.90. The van der Waals surface area contributed by atoms with Crippen molar-refractivity contribution in [1.29, 1.82) is 0 Å². The summed E-state index contributed by atoms with van der Waals surface area (Å²) in [7, 11) is 1.63. The monoisotopic (exact) mass is 418 g/mol. The zero-order valence-electron chi connectivity index (χ0n) is 12.2. The summed E-state index contributed by atoms with van der Waals surface area (Å²) in [5.74, 6) is 1.14. The molecule has 3 N–H and O–H groups in total. The minimum atomic E-state index is 0. The van der Waals surface area contributed by atoms with Gasteiger partial charge in [0.2, 0.25) is 0 Å². The topological polar surface area (TPSA) is 72.5 Å². The highest BCUT2D eigenvalue weighted by molar-refractivity contribution is 14.0. The first kappa shape index (κ1) is 17.7. The van der Waals surface area contributed by atoms with E-state index >= 15 is 0 Å². The maximum Gasteiger partial charge on any atom is 0.193 e. The van der Waals surface area contributed by atoms with Gasteiger partial charge < -0.3 is 15.8 Å². The normalized spacial score (nSPS) is 10.9. The standard InChI is InChI=1S/C14H18N4OS.HI/c1-9-10(2)20-13(17-9)8-16-14(15)18-11-5-4-6-12(7-11)19-3;/h4-7H,8H2,1-3H3,(H3,15,16,18);1H. The SMILES string of the molecule is COc1cccc(NC(N)=NCc2nc(C)c(C)s2)c1.I. The molecule has 0 aliphatic rings. The number of thiazole rings is 1. The van der Waals surface area contributed by atoms with Crippen LogP contribution in [0.4, 0.5) is 5.69 Å². The van der Waals surface area contributed by atoms with Gasteiger partial charge in [-0.25, -0.2) is 9.98 Å². The van der Waals surface area contributed by atoms with E-state index in [0.717, 1.165) is 22.1 Å². The van der Waals surface area contributed by atoms with E-state index in [-0.39, 0.29) is 24.0 Å². The van der Waals surface area contributed by atoms with E-state index in [2.05, 4.69) is 22.2 Å². The molecule has 0 bridgehead atoms. The Morgan fingerprint density at radius 2 is 2.19 bits per heavy atom. The van der Waals surface area contributed by atoms with Gasteiger partial charge in [0.15, 0.2) is 5.96 Å². The minimum Gasteiger partial charge on any atom is -0.497 e. The number of guanidine groups is 1. The number of halogens is 1. The lowest BCUT2D eigenvalue weighted by atomic mass is 10.3. The van der Waals surface area contributed by atoms with Gasteiger partial charge in [0.1, 0.15) is 10.8 Å². The van der Waals surface area contributed by atoms with Gasteiger partial charge in [-0.05, 0) is 26.0 Å². The summed E-state index contributed by atoms with van der Waals surface area (Å²) in [6.07, 6.45) is 0. The number of nitrogens with one attached hydrogen (secondary N) is 1. The molecular formula is C14H19IN4OS. The summed E-state index contributed by atoms with van der Waals surface area (Å²) in [5.41, 5.74) is 7.76. The van der Waals surface area contributed by atoms with Crippen LogP contribution in [0, 0.1) is 13.8 Å². The van der Waals surface area contributed by atoms with E-state index in [1.54, 1.807) is 18.4 Å². The third-order valence-electron chi connectivity index (χ3n) is 2.80. The van der Waals surface area contributed by atoms with Crippen LogP contribution in [0.2, 0.25) is 0 Å². The summed E-state index contributed by atoms with van der Waals surface area (Å²) in [6.45, 7) is 4.54. The number of benzene rings is 1. The van der Waals surface area contributed by atoms with Crippen molar-refractivity contribution in [2.45, 2.75) is 20.4 Å². The van der Waals surface area contributed by atoms with Crippen LogP contribution in [0.15, 0.2) is 29.3 Å². The van der Waals surface area contributed by atoms with Gasteiger partial charge in [-0.2, -0.15) is 0 Å². The van der Waals surface area contributed by atoms with Crippen molar-refractivity contribution in [2.75, 3.05) is 12.4 Å². The Morgan fingerprint density at radius 3 is 2.81 bits per heavy atom.